The van der Waals surface area contributed by atoms with E-state index in [0.717, 1.165) is 11.3 Å². The number of amides is 1. The van der Waals surface area contributed by atoms with E-state index in [0.29, 0.717) is 40.6 Å². The predicted octanol–water partition coefficient (Wildman–Crippen LogP) is 5.03. The molecule has 0 saturated carbocycles. The number of benzene rings is 3. The minimum absolute atomic E-state index is 0.183. The normalized spacial score (nSPS) is 10.6. The number of rotatable bonds is 6. The maximum absolute atomic E-state index is 12.4. The number of fused-ring (bicyclic) bond motifs is 1. The van der Waals surface area contributed by atoms with E-state index in [9.17, 15) is 4.79 Å². The van der Waals surface area contributed by atoms with Crippen LogP contribution >= 0.6 is 12.2 Å². The number of aromatic nitrogens is 1. The first kappa shape index (κ1) is 21.3. The largest absolute Gasteiger partial charge is 0.497 e. The van der Waals surface area contributed by atoms with Crippen molar-refractivity contribution in [2.45, 2.75) is 6.92 Å². The molecule has 32 heavy (non-hydrogen) atoms. The molecule has 7 nitrogen and oxygen atoms in total. The van der Waals surface area contributed by atoms with Crippen molar-refractivity contribution in [1.82, 2.24) is 10.3 Å². The van der Waals surface area contributed by atoms with E-state index >= 15 is 0 Å². The number of nitrogens with one attached hydrogen (secondary N) is 2. The van der Waals surface area contributed by atoms with Crippen molar-refractivity contribution in [1.29, 1.82) is 0 Å². The Morgan fingerprint density at radius 1 is 1.03 bits per heavy atom. The van der Waals surface area contributed by atoms with Crippen molar-refractivity contribution in [2.75, 3.05) is 19.0 Å². The third-order valence-electron chi connectivity index (χ3n) is 4.64. The van der Waals surface area contributed by atoms with Crippen molar-refractivity contribution in [3.63, 3.8) is 0 Å². The zero-order valence-corrected chi connectivity index (χ0v) is 18.4. The molecule has 0 aliphatic carbocycles. The Labute approximate surface area is 190 Å². The first-order chi connectivity index (χ1) is 15.6. The SMILES string of the molecule is CCOc1ccc(C(=O)NC(=S)Nc2ccc3oc(-c4ccc(OC)cc4)nc3c2)cc1. The summed E-state index contributed by atoms with van der Waals surface area (Å²) in [6, 6.07) is 19.7. The third kappa shape index (κ3) is 4.87. The van der Waals surface area contributed by atoms with Crippen molar-refractivity contribution < 1.29 is 18.7 Å². The summed E-state index contributed by atoms with van der Waals surface area (Å²) in [6.07, 6.45) is 0. The second-order valence-corrected chi connectivity index (χ2v) is 7.20. The van der Waals surface area contributed by atoms with Crippen LogP contribution < -0.4 is 20.1 Å². The van der Waals surface area contributed by atoms with E-state index in [2.05, 4.69) is 15.6 Å². The smallest absolute Gasteiger partial charge is 0.257 e. The third-order valence-corrected chi connectivity index (χ3v) is 4.84. The van der Waals surface area contributed by atoms with Crippen molar-refractivity contribution in [3.8, 4) is 23.0 Å². The number of methoxy groups -OCH3 is 1. The molecule has 4 rings (SSSR count). The zero-order valence-electron chi connectivity index (χ0n) is 17.5. The van der Waals surface area contributed by atoms with Gasteiger partial charge in [-0.05, 0) is 85.9 Å². The lowest BCUT2D eigenvalue weighted by Gasteiger charge is -2.10. The molecule has 0 radical (unpaired) electrons. The van der Waals surface area contributed by atoms with Gasteiger partial charge in [0.1, 0.15) is 17.0 Å². The summed E-state index contributed by atoms with van der Waals surface area (Å²) < 4.78 is 16.4. The molecule has 1 amide bonds. The van der Waals surface area contributed by atoms with Crippen LogP contribution in [-0.4, -0.2) is 29.7 Å². The number of oxazole rings is 1. The second-order valence-electron chi connectivity index (χ2n) is 6.80. The minimum Gasteiger partial charge on any atom is -0.497 e. The molecule has 0 bridgehead atoms. The molecule has 0 fully saturated rings. The van der Waals surface area contributed by atoms with E-state index in [4.69, 9.17) is 26.1 Å². The first-order valence-electron chi connectivity index (χ1n) is 9.96. The summed E-state index contributed by atoms with van der Waals surface area (Å²) in [6.45, 7) is 2.47. The number of carbonyl (C=O) groups is 1. The van der Waals surface area contributed by atoms with Crippen LogP contribution in [0.15, 0.2) is 71.1 Å². The maximum Gasteiger partial charge on any atom is 0.257 e. The average molecular weight is 448 g/mol. The maximum atomic E-state index is 12.4. The molecule has 162 valence electrons. The number of carbonyl (C=O) groups excluding carboxylic acids is 1. The number of anilines is 1. The van der Waals surface area contributed by atoms with Crippen molar-refractivity contribution in [2.24, 2.45) is 0 Å². The van der Waals surface area contributed by atoms with Gasteiger partial charge >= 0.3 is 0 Å². The zero-order chi connectivity index (χ0) is 22.5. The molecule has 4 aromatic rings. The quantitative estimate of drug-likeness (QED) is 0.401. The van der Waals surface area contributed by atoms with Crippen LogP contribution in [0.5, 0.6) is 11.5 Å². The van der Waals surface area contributed by atoms with E-state index in [1.165, 1.54) is 0 Å². The van der Waals surface area contributed by atoms with Gasteiger partial charge in [-0.3, -0.25) is 10.1 Å². The van der Waals surface area contributed by atoms with E-state index in [1.807, 2.05) is 31.2 Å². The highest BCUT2D eigenvalue weighted by molar-refractivity contribution is 7.80. The molecule has 0 spiro atoms. The number of hydrogen-bond donors (Lipinski definition) is 2. The Balaban J connectivity index is 1.43. The molecule has 0 saturated heterocycles. The lowest BCUT2D eigenvalue weighted by Crippen LogP contribution is -2.34. The van der Waals surface area contributed by atoms with Crippen LogP contribution in [0.2, 0.25) is 0 Å². The summed E-state index contributed by atoms with van der Waals surface area (Å²) >= 11 is 5.28. The fourth-order valence-corrected chi connectivity index (χ4v) is 3.28. The molecular weight excluding hydrogens is 426 g/mol. The van der Waals surface area contributed by atoms with Gasteiger partial charge in [0.05, 0.1) is 13.7 Å². The van der Waals surface area contributed by atoms with Gasteiger partial charge in [0, 0.05) is 16.8 Å². The van der Waals surface area contributed by atoms with Gasteiger partial charge in [-0.25, -0.2) is 4.98 Å². The Morgan fingerprint density at radius 2 is 1.75 bits per heavy atom. The predicted molar refractivity (Wildman–Crippen MR) is 127 cm³/mol. The van der Waals surface area contributed by atoms with Crippen LogP contribution in [0, 0.1) is 0 Å². The molecule has 0 atom stereocenters. The monoisotopic (exact) mass is 447 g/mol. The lowest BCUT2D eigenvalue weighted by molar-refractivity contribution is 0.0977. The first-order valence-corrected chi connectivity index (χ1v) is 10.4. The highest BCUT2D eigenvalue weighted by Crippen LogP contribution is 2.27. The Kier molecular flexibility index (Phi) is 6.32. The molecule has 1 aromatic heterocycles. The van der Waals surface area contributed by atoms with E-state index in [-0.39, 0.29) is 11.0 Å². The average Bonchev–Trinajstić information content (AvgIpc) is 3.23. The van der Waals surface area contributed by atoms with E-state index < -0.39 is 0 Å². The summed E-state index contributed by atoms with van der Waals surface area (Å²) in [7, 11) is 1.62. The highest BCUT2D eigenvalue weighted by atomic mass is 32.1. The van der Waals surface area contributed by atoms with Gasteiger partial charge in [-0.1, -0.05) is 0 Å². The molecule has 1 heterocycles. The molecule has 0 unspecified atom stereocenters. The minimum atomic E-state index is -0.310. The van der Waals surface area contributed by atoms with Crippen LogP contribution in [0.3, 0.4) is 0 Å². The Hall–Kier alpha value is -3.91. The topological polar surface area (TPSA) is 85.6 Å². The Bertz CT molecular complexity index is 1250. The molecule has 0 aliphatic rings. The van der Waals surface area contributed by atoms with Crippen LogP contribution in [0.4, 0.5) is 5.69 Å². The van der Waals surface area contributed by atoms with Crippen molar-refractivity contribution >= 4 is 40.0 Å². The number of hydrogen-bond acceptors (Lipinski definition) is 6. The molecule has 3 aromatic carbocycles. The van der Waals surface area contributed by atoms with Gasteiger partial charge in [0.15, 0.2) is 10.7 Å². The van der Waals surface area contributed by atoms with Gasteiger partial charge in [-0.15, -0.1) is 0 Å². The second kappa shape index (κ2) is 9.49. The number of nitrogens with zero attached hydrogens (tertiary/aromatic N) is 1. The van der Waals surface area contributed by atoms with Gasteiger partial charge in [-0.2, -0.15) is 0 Å². The van der Waals surface area contributed by atoms with Gasteiger partial charge in [0.25, 0.3) is 5.91 Å². The summed E-state index contributed by atoms with van der Waals surface area (Å²) in [5.41, 5.74) is 3.32. The summed E-state index contributed by atoms with van der Waals surface area (Å²) in [5, 5.41) is 5.86. The lowest BCUT2D eigenvalue weighted by atomic mass is 10.2. The van der Waals surface area contributed by atoms with E-state index in [1.54, 1.807) is 49.6 Å². The summed E-state index contributed by atoms with van der Waals surface area (Å²) in [5.74, 6) is 1.66. The fourth-order valence-electron chi connectivity index (χ4n) is 3.07. The standard InChI is InChI=1S/C24H21N3O4S/c1-3-30-19-11-4-15(5-12-19)22(28)27-24(32)25-17-8-13-21-20(14-17)26-23(31-21)16-6-9-18(29-2)10-7-16/h4-14H,3H2,1-2H3,(H2,25,27,28,32). The van der Waals surface area contributed by atoms with Crippen LogP contribution in [0.25, 0.3) is 22.6 Å². The highest BCUT2D eigenvalue weighted by Gasteiger charge is 2.11. The summed E-state index contributed by atoms with van der Waals surface area (Å²) in [4.78, 5) is 17.0. The fraction of sp³-hybridized carbons (Fsp3) is 0.125. The Morgan fingerprint density at radius 3 is 2.44 bits per heavy atom. The van der Waals surface area contributed by atoms with Crippen molar-refractivity contribution in [3.05, 3.63) is 72.3 Å². The van der Waals surface area contributed by atoms with Crippen LogP contribution in [0.1, 0.15) is 17.3 Å². The molecular formula is C24H21N3O4S. The number of thiocarbonyl (C=S) groups is 1. The van der Waals surface area contributed by atoms with Gasteiger partial charge in [0.2, 0.25) is 5.89 Å². The molecule has 0 aliphatic heterocycles. The molecule has 2 N–H and O–H groups in total. The van der Waals surface area contributed by atoms with Gasteiger partial charge < -0.3 is 19.2 Å². The molecule has 8 heteroatoms. The number of ether oxygens (including phenoxy) is 2. The van der Waals surface area contributed by atoms with Crippen LogP contribution in [-0.2, 0) is 0 Å².